The number of nitrogens with zero attached hydrogens (tertiary/aromatic N) is 1. The lowest BCUT2D eigenvalue weighted by molar-refractivity contribution is 0.579. The second-order valence-electron chi connectivity index (χ2n) is 8.39. The third-order valence-corrected chi connectivity index (χ3v) is 6.23. The first-order valence-corrected chi connectivity index (χ1v) is 11.7. The van der Waals surface area contributed by atoms with Crippen LogP contribution in [-0.2, 0) is 0 Å². The zero-order chi connectivity index (χ0) is 20.6. The normalized spacial score (nSPS) is 14.9. The van der Waals surface area contributed by atoms with Crippen LogP contribution >= 0.6 is 0 Å². The zero-order valence-corrected chi connectivity index (χ0v) is 18.2. The Kier molecular flexibility index (Phi) is 7.09. The lowest BCUT2D eigenvalue weighted by Gasteiger charge is -2.30. The van der Waals surface area contributed by atoms with Gasteiger partial charge in [0.1, 0.15) is 0 Å². The van der Waals surface area contributed by atoms with Gasteiger partial charge in [0, 0.05) is 30.6 Å². The fourth-order valence-corrected chi connectivity index (χ4v) is 4.59. The average Bonchev–Trinajstić information content (AvgIpc) is 2.82. The van der Waals surface area contributed by atoms with E-state index in [1.165, 1.54) is 79.2 Å². The third-order valence-electron chi connectivity index (χ3n) is 6.23. The number of piperidine rings is 1. The van der Waals surface area contributed by atoms with Crippen LogP contribution in [0.15, 0.2) is 66.7 Å². The minimum Gasteiger partial charge on any atom is -0.371 e. The monoisotopic (exact) mass is 395 g/mol. The van der Waals surface area contributed by atoms with Gasteiger partial charge in [0.2, 0.25) is 0 Å². The first kappa shape index (κ1) is 20.5. The molecule has 1 heteroatoms. The summed E-state index contributed by atoms with van der Waals surface area (Å²) in [5.74, 6) is 7.26. The van der Waals surface area contributed by atoms with E-state index in [0.29, 0.717) is 0 Å². The van der Waals surface area contributed by atoms with Crippen LogP contribution in [0.4, 0.5) is 5.69 Å². The van der Waals surface area contributed by atoms with E-state index in [0.717, 1.165) is 6.42 Å². The highest BCUT2D eigenvalue weighted by molar-refractivity contribution is 5.97. The largest absolute Gasteiger partial charge is 0.371 e. The topological polar surface area (TPSA) is 3.24 Å². The molecule has 0 aromatic heterocycles. The maximum atomic E-state index is 3.64. The molecule has 3 aromatic carbocycles. The molecule has 1 aliphatic rings. The van der Waals surface area contributed by atoms with E-state index < -0.39 is 0 Å². The maximum Gasteiger partial charge on any atom is 0.0708 e. The molecule has 1 atom stereocenters. The molecule has 30 heavy (non-hydrogen) atoms. The van der Waals surface area contributed by atoms with Crippen molar-refractivity contribution in [3.8, 4) is 11.8 Å². The molecule has 1 saturated heterocycles. The summed E-state index contributed by atoms with van der Waals surface area (Å²) in [7, 11) is 0. The van der Waals surface area contributed by atoms with Gasteiger partial charge >= 0.3 is 0 Å². The number of fused-ring (bicyclic) bond motifs is 1. The first-order chi connectivity index (χ1) is 14.9. The minimum atomic E-state index is 0.119. The molecular weight excluding hydrogens is 362 g/mol. The van der Waals surface area contributed by atoms with E-state index in [1.54, 1.807) is 0 Å². The van der Waals surface area contributed by atoms with Gasteiger partial charge in [-0.05, 0) is 48.3 Å². The number of anilines is 1. The highest BCUT2D eigenvalue weighted by Gasteiger charge is 2.19. The standard InChI is InChI=1S/C29H33N/c1-2-3-4-5-10-17-25(24-15-8-6-9-16-24)27-20-21-29(30-22-13-7-14-23-30)28-19-12-11-18-26(27)28/h6,8-9,11-12,15-16,18-21,25H,2-5,7,13-14,22-23H2,1H3. The van der Waals surface area contributed by atoms with Crippen molar-refractivity contribution in [2.45, 2.75) is 57.8 Å². The van der Waals surface area contributed by atoms with Crippen molar-refractivity contribution in [2.75, 3.05) is 18.0 Å². The van der Waals surface area contributed by atoms with Gasteiger partial charge in [0.15, 0.2) is 0 Å². The van der Waals surface area contributed by atoms with E-state index in [-0.39, 0.29) is 5.92 Å². The van der Waals surface area contributed by atoms with Crippen molar-refractivity contribution in [1.29, 1.82) is 0 Å². The van der Waals surface area contributed by atoms with Gasteiger partial charge in [0.25, 0.3) is 0 Å². The Bertz CT molecular complexity index is 1000. The van der Waals surface area contributed by atoms with E-state index in [1.807, 2.05) is 0 Å². The lowest BCUT2D eigenvalue weighted by Crippen LogP contribution is -2.29. The molecule has 0 bridgehead atoms. The summed E-state index contributed by atoms with van der Waals surface area (Å²) in [6.45, 7) is 4.58. The van der Waals surface area contributed by atoms with Crippen LogP contribution in [0.5, 0.6) is 0 Å². The van der Waals surface area contributed by atoms with Crippen LogP contribution in [-0.4, -0.2) is 13.1 Å². The summed E-state index contributed by atoms with van der Waals surface area (Å²) in [5.41, 5.74) is 4.01. The molecule has 0 saturated carbocycles. The van der Waals surface area contributed by atoms with Gasteiger partial charge in [-0.2, -0.15) is 0 Å². The predicted molar refractivity (Wildman–Crippen MR) is 130 cm³/mol. The van der Waals surface area contributed by atoms with Gasteiger partial charge in [-0.25, -0.2) is 0 Å². The summed E-state index contributed by atoms with van der Waals surface area (Å²) in [5, 5.41) is 2.71. The molecular formula is C29H33N. The van der Waals surface area contributed by atoms with Gasteiger partial charge < -0.3 is 4.90 Å². The lowest BCUT2D eigenvalue weighted by atomic mass is 9.87. The fourth-order valence-electron chi connectivity index (χ4n) is 4.59. The number of unbranched alkanes of at least 4 members (excludes halogenated alkanes) is 3. The maximum absolute atomic E-state index is 3.64. The van der Waals surface area contributed by atoms with Crippen molar-refractivity contribution in [1.82, 2.24) is 0 Å². The van der Waals surface area contributed by atoms with Crippen LogP contribution in [0.1, 0.15) is 68.9 Å². The van der Waals surface area contributed by atoms with Crippen molar-refractivity contribution < 1.29 is 0 Å². The Morgan fingerprint density at radius 2 is 1.53 bits per heavy atom. The Balaban J connectivity index is 1.76. The predicted octanol–water partition coefficient (Wildman–Crippen LogP) is 7.55. The van der Waals surface area contributed by atoms with Crippen molar-refractivity contribution in [3.63, 3.8) is 0 Å². The summed E-state index contributed by atoms with van der Waals surface area (Å²) in [4.78, 5) is 2.57. The molecule has 1 heterocycles. The van der Waals surface area contributed by atoms with Crippen molar-refractivity contribution in [2.24, 2.45) is 0 Å². The van der Waals surface area contributed by atoms with E-state index in [9.17, 15) is 0 Å². The van der Waals surface area contributed by atoms with Crippen molar-refractivity contribution in [3.05, 3.63) is 77.9 Å². The zero-order valence-electron chi connectivity index (χ0n) is 18.2. The average molecular weight is 396 g/mol. The Morgan fingerprint density at radius 1 is 0.800 bits per heavy atom. The molecule has 0 N–H and O–H groups in total. The summed E-state index contributed by atoms with van der Waals surface area (Å²) in [6, 6.07) is 24.4. The Morgan fingerprint density at radius 3 is 2.30 bits per heavy atom. The molecule has 3 aromatic rings. The molecule has 1 aliphatic heterocycles. The quantitative estimate of drug-likeness (QED) is 0.308. The summed E-state index contributed by atoms with van der Waals surface area (Å²) in [6.07, 6.45) is 8.64. The Labute approximate surface area is 182 Å². The highest BCUT2D eigenvalue weighted by atomic mass is 15.1. The molecule has 1 unspecified atom stereocenters. The molecule has 154 valence electrons. The molecule has 4 rings (SSSR count). The molecule has 0 radical (unpaired) electrons. The summed E-state index contributed by atoms with van der Waals surface area (Å²) >= 11 is 0. The van der Waals surface area contributed by atoms with Crippen LogP contribution < -0.4 is 4.90 Å². The van der Waals surface area contributed by atoms with Crippen molar-refractivity contribution >= 4 is 16.5 Å². The van der Waals surface area contributed by atoms with Crippen LogP contribution in [0.25, 0.3) is 10.8 Å². The highest BCUT2D eigenvalue weighted by Crippen LogP contribution is 2.36. The first-order valence-electron chi connectivity index (χ1n) is 11.7. The van der Waals surface area contributed by atoms with Gasteiger partial charge in [-0.1, -0.05) is 86.3 Å². The minimum absolute atomic E-state index is 0.119. The smallest absolute Gasteiger partial charge is 0.0708 e. The molecule has 0 spiro atoms. The van der Waals surface area contributed by atoms with Crippen LogP contribution in [0.2, 0.25) is 0 Å². The van der Waals surface area contributed by atoms with E-state index in [2.05, 4.69) is 90.4 Å². The second kappa shape index (κ2) is 10.4. The number of hydrogen-bond donors (Lipinski definition) is 0. The fraction of sp³-hybridized carbons (Fsp3) is 0.379. The molecule has 0 aliphatic carbocycles. The van der Waals surface area contributed by atoms with E-state index in [4.69, 9.17) is 0 Å². The SMILES string of the molecule is CCCCCC#CC(c1ccccc1)c1ccc(N2CCCCC2)c2ccccc12. The second-order valence-corrected chi connectivity index (χ2v) is 8.39. The van der Waals surface area contributed by atoms with Crippen LogP contribution in [0.3, 0.4) is 0 Å². The number of benzene rings is 3. The molecule has 1 fully saturated rings. The number of rotatable bonds is 6. The van der Waals surface area contributed by atoms with Crippen LogP contribution in [0, 0.1) is 11.8 Å². The number of hydrogen-bond acceptors (Lipinski definition) is 1. The molecule has 1 nitrogen and oxygen atoms in total. The third kappa shape index (κ3) is 4.71. The van der Waals surface area contributed by atoms with E-state index >= 15 is 0 Å². The Hall–Kier alpha value is -2.72. The molecule has 0 amide bonds. The summed E-state index contributed by atoms with van der Waals surface area (Å²) < 4.78 is 0. The van der Waals surface area contributed by atoms with Gasteiger partial charge in [-0.3, -0.25) is 0 Å². The van der Waals surface area contributed by atoms with Gasteiger partial charge in [-0.15, -0.1) is 5.92 Å². The van der Waals surface area contributed by atoms with Gasteiger partial charge in [0.05, 0.1) is 5.92 Å².